The van der Waals surface area contributed by atoms with Crippen LogP contribution < -0.4 is 0 Å². The second-order valence-electron chi connectivity index (χ2n) is 6.33. The normalized spacial score (nSPS) is 21.5. The van der Waals surface area contributed by atoms with Crippen LogP contribution in [-0.4, -0.2) is 0 Å². The van der Waals surface area contributed by atoms with Gasteiger partial charge in [-0.1, -0.05) is 89.4 Å². The molecule has 0 saturated carbocycles. The lowest BCUT2D eigenvalue weighted by molar-refractivity contribution is 0.902. The van der Waals surface area contributed by atoms with E-state index in [0.29, 0.717) is 11.8 Å². The van der Waals surface area contributed by atoms with E-state index < -0.39 is 0 Å². The first kappa shape index (κ1) is 18.3. The Hall–Kier alpha value is -2.08. The van der Waals surface area contributed by atoms with E-state index >= 15 is 0 Å². The van der Waals surface area contributed by atoms with Crippen LogP contribution in [0.25, 0.3) is 5.57 Å². The minimum Gasteiger partial charge on any atom is -0.0987 e. The monoisotopic (exact) mass is 318 g/mol. The van der Waals surface area contributed by atoms with Gasteiger partial charge in [-0.25, -0.2) is 0 Å². The lowest BCUT2D eigenvalue weighted by atomic mass is 9.96. The van der Waals surface area contributed by atoms with E-state index in [-0.39, 0.29) is 0 Å². The summed E-state index contributed by atoms with van der Waals surface area (Å²) in [5, 5.41) is 0. The van der Waals surface area contributed by atoms with Gasteiger partial charge in [0.2, 0.25) is 0 Å². The van der Waals surface area contributed by atoms with Crippen LogP contribution in [0.3, 0.4) is 0 Å². The molecule has 126 valence electrons. The second-order valence-corrected chi connectivity index (χ2v) is 6.33. The maximum Gasteiger partial charge on any atom is 0.000163 e. The maximum atomic E-state index is 3.99. The lowest BCUT2D eigenvalue weighted by Crippen LogP contribution is -1.90. The summed E-state index contributed by atoms with van der Waals surface area (Å²) in [6.45, 7) is 16.5. The predicted molar refractivity (Wildman–Crippen MR) is 108 cm³/mol. The van der Waals surface area contributed by atoms with Crippen LogP contribution in [0.15, 0.2) is 78.4 Å². The molecule has 0 heterocycles. The van der Waals surface area contributed by atoms with Gasteiger partial charge in [0.25, 0.3) is 0 Å². The molecule has 2 aliphatic carbocycles. The third kappa shape index (κ3) is 3.38. The molecule has 2 atom stereocenters. The van der Waals surface area contributed by atoms with Crippen LogP contribution >= 0.6 is 0 Å². The van der Waals surface area contributed by atoms with Gasteiger partial charge >= 0.3 is 0 Å². The molecule has 2 unspecified atom stereocenters. The molecule has 0 spiro atoms. The molecular formula is C24H30. The third-order valence-corrected chi connectivity index (χ3v) is 4.93. The van der Waals surface area contributed by atoms with Crippen molar-refractivity contribution in [2.75, 3.05) is 0 Å². The predicted octanol–water partition coefficient (Wildman–Crippen LogP) is 7.24. The molecule has 0 amide bonds. The fourth-order valence-corrected chi connectivity index (χ4v) is 3.83. The fraction of sp³-hybridized carbons (Fsp3) is 0.333. The van der Waals surface area contributed by atoms with Crippen molar-refractivity contribution in [1.82, 2.24) is 0 Å². The van der Waals surface area contributed by atoms with Gasteiger partial charge in [-0.3, -0.25) is 0 Å². The minimum atomic E-state index is 0.462. The molecule has 1 aromatic carbocycles. The number of benzene rings is 1. The number of hydrogen-bond donors (Lipinski definition) is 0. The van der Waals surface area contributed by atoms with Gasteiger partial charge in [0.1, 0.15) is 0 Å². The van der Waals surface area contributed by atoms with Crippen molar-refractivity contribution in [3.63, 3.8) is 0 Å². The van der Waals surface area contributed by atoms with Gasteiger partial charge in [0.15, 0.2) is 0 Å². The zero-order valence-corrected chi connectivity index (χ0v) is 15.6. The Morgan fingerprint density at radius 3 is 2.17 bits per heavy atom. The summed E-state index contributed by atoms with van der Waals surface area (Å²) < 4.78 is 0. The molecule has 0 heteroatoms. The zero-order valence-electron chi connectivity index (χ0n) is 15.6. The van der Waals surface area contributed by atoms with Crippen molar-refractivity contribution < 1.29 is 0 Å². The second kappa shape index (κ2) is 8.15. The number of fused-ring (bicyclic) bond motifs is 1. The summed E-state index contributed by atoms with van der Waals surface area (Å²) in [4.78, 5) is 0. The molecule has 2 aliphatic rings. The smallest absolute Gasteiger partial charge is 0.000163 e. The summed E-state index contributed by atoms with van der Waals surface area (Å²) >= 11 is 0. The molecule has 0 aromatic heterocycles. The largest absolute Gasteiger partial charge is 0.0987 e. The van der Waals surface area contributed by atoms with Crippen LogP contribution in [0.1, 0.15) is 57.6 Å². The van der Waals surface area contributed by atoms with Gasteiger partial charge in [-0.05, 0) is 46.3 Å². The number of hydrogen-bond acceptors (Lipinski definition) is 0. The molecule has 1 aromatic rings. The van der Waals surface area contributed by atoms with Crippen molar-refractivity contribution in [2.24, 2.45) is 5.92 Å². The standard InChI is InChI=1S/C22H24.C2H6/c1-5-19-15(3)13-17(20(19)6-2)11-12-18-14-16(4)21-9-7-8-10-22(18)21;1-2/h5-10,13-16H,1-2,11-12H2,3-4H3;1-2H3. The highest BCUT2D eigenvalue weighted by molar-refractivity contribution is 5.75. The van der Waals surface area contributed by atoms with E-state index in [1.165, 1.54) is 33.4 Å². The molecule has 0 aliphatic heterocycles. The van der Waals surface area contributed by atoms with Crippen LogP contribution in [-0.2, 0) is 0 Å². The van der Waals surface area contributed by atoms with Gasteiger partial charge in [-0.2, -0.15) is 0 Å². The summed E-state index contributed by atoms with van der Waals surface area (Å²) in [6.07, 6.45) is 11.0. The van der Waals surface area contributed by atoms with E-state index in [2.05, 4.69) is 63.4 Å². The summed E-state index contributed by atoms with van der Waals surface area (Å²) in [7, 11) is 0. The molecule has 0 fully saturated rings. The highest BCUT2D eigenvalue weighted by Crippen LogP contribution is 2.40. The first-order valence-electron chi connectivity index (χ1n) is 9.15. The van der Waals surface area contributed by atoms with Crippen molar-refractivity contribution in [3.8, 4) is 0 Å². The molecular weight excluding hydrogens is 288 g/mol. The van der Waals surface area contributed by atoms with Crippen LogP contribution in [0, 0.1) is 5.92 Å². The van der Waals surface area contributed by atoms with E-state index in [1.807, 2.05) is 26.0 Å². The Morgan fingerprint density at radius 2 is 1.50 bits per heavy atom. The fourth-order valence-electron chi connectivity index (χ4n) is 3.83. The number of allylic oxidation sites excluding steroid dienone is 8. The van der Waals surface area contributed by atoms with E-state index in [0.717, 1.165) is 12.8 Å². The maximum absolute atomic E-state index is 3.99. The van der Waals surface area contributed by atoms with E-state index in [9.17, 15) is 0 Å². The van der Waals surface area contributed by atoms with Gasteiger partial charge in [-0.15, -0.1) is 0 Å². The molecule has 0 bridgehead atoms. The summed E-state index contributed by atoms with van der Waals surface area (Å²) in [6, 6.07) is 8.80. The third-order valence-electron chi connectivity index (χ3n) is 4.93. The average Bonchev–Trinajstić information content (AvgIpc) is 3.11. The average molecular weight is 319 g/mol. The van der Waals surface area contributed by atoms with Gasteiger partial charge in [0, 0.05) is 11.8 Å². The first-order valence-corrected chi connectivity index (χ1v) is 9.15. The molecule has 0 N–H and O–H groups in total. The van der Waals surface area contributed by atoms with Crippen molar-refractivity contribution in [1.29, 1.82) is 0 Å². The van der Waals surface area contributed by atoms with E-state index in [4.69, 9.17) is 0 Å². The molecule has 0 nitrogen and oxygen atoms in total. The van der Waals surface area contributed by atoms with Crippen molar-refractivity contribution in [2.45, 2.75) is 46.5 Å². The molecule has 0 saturated heterocycles. The van der Waals surface area contributed by atoms with Crippen LogP contribution in [0.2, 0.25) is 0 Å². The Morgan fingerprint density at radius 1 is 0.875 bits per heavy atom. The van der Waals surface area contributed by atoms with Gasteiger partial charge in [0.05, 0.1) is 0 Å². The van der Waals surface area contributed by atoms with Crippen molar-refractivity contribution >= 4 is 5.57 Å². The van der Waals surface area contributed by atoms with Crippen LogP contribution in [0.5, 0.6) is 0 Å². The Kier molecular flexibility index (Phi) is 6.20. The molecule has 24 heavy (non-hydrogen) atoms. The minimum absolute atomic E-state index is 0.462. The highest BCUT2D eigenvalue weighted by atomic mass is 14.3. The van der Waals surface area contributed by atoms with Crippen LogP contribution in [0.4, 0.5) is 0 Å². The topological polar surface area (TPSA) is 0 Å². The van der Waals surface area contributed by atoms with E-state index in [1.54, 1.807) is 0 Å². The zero-order chi connectivity index (χ0) is 17.7. The van der Waals surface area contributed by atoms with Crippen molar-refractivity contribution in [3.05, 3.63) is 89.6 Å². The lowest BCUT2D eigenvalue weighted by Gasteiger charge is -2.09. The number of rotatable bonds is 5. The SMILES string of the molecule is C=CC1=C(C=C)C(C)C=C1CCC1=CC(C)c2ccccc21.CC. The first-order chi connectivity index (χ1) is 11.7. The van der Waals surface area contributed by atoms with Gasteiger partial charge < -0.3 is 0 Å². The summed E-state index contributed by atoms with van der Waals surface area (Å²) in [5.41, 5.74) is 8.44. The molecule has 3 rings (SSSR count). The Bertz CT molecular complexity index is 709. The Labute approximate surface area is 148 Å². The summed E-state index contributed by atoms with van der Waals surface area (Å²) in [5.74, 6) is 1.00. The highest BCUT2D eigenvalue weighted by Gasteiger charge is 2.22. The quantitative estimate of drug-likeness (QED) is 0.537. The Balaban J connectivity index is 0.00000100. The molecule has 0 radical (unpaired) electrons.